The predicted molar refractivity (Wildman–Crippen MR) is 74.9 cm³/mol. The van der Waals surface area contributed by atoms with Gasteiger partial charge in [0.15, 0.2) is 5.78 Å². The molecule has 92 valence electrons. The minimum Gasteiger partial charge on any atom is -0.399 e. The van der Waals surface area contributed by atoms with Crippen LogP contribution in [0, 0.1) is 20.8 Å². The van der Waals surface area contributed by atoms with Crippen LogP contribution in [0.2, 0.25) is 0 Å². The molecule has 0 aliphatic rings. The van der Waals surface area contributed by atoms with Gasteiger partial charge in [0.25, 0.3) is 0 Å². The summed E-state index contributed by atoms with van der Waals surface area (Å²) < 4.78 is 0. The van der Waals surface area contributed by atoms with Gasteiger partial charge < -0.3 is 5.73 Å². The molecule has 0 radical (unpaired) electrons. The van der Waals surface area contributed by atoms with Crippen molar-refractivity contribution in [2.75, 3.05) is 5.73 Å². The number of rotatable bonds is 2. The molecule has 0 aliphatic heterocycles. The second-order valence-corrected chi connectivity index (χ2v) is 4.84. The van der Waals surface area contributed by atoms with E-state index in [-0.39, 0.29) is 5.78 Å². The lowest BCUT2D eigenvalue weighted by molar-refractivity contribution is 0.103. The lowest BCUT2D eigenvalue weighted by atomic mass is 9.98. The Morgan fingerprint density at radius 1 is 0.778 bits per heavy atom. The molecule has 0 heterocycles. The number of ketones is 1. The third-order valence-electron chi connectivity index (χ3n) is 2.85. The molecule has 0 saturated carbocycles. The van der Waals surface area contributed by atoms with E-state index in [1.54, 1.807) is 6.07 Å². The largest absolute Gasteiger partial charge is 0.399 e. The Hall–Kier alpha value is -2.09. The number of hydrogen-bond acceptors (Lipinski definition) is 2. The van der Waals surface area contributed by atoms with Crippen LogP contribution in [-0.2, 0) is 0 Å². The van der Waals surface area contributed by atoms with Crippen LogP contribution >= 0.6 is 0 Å². The minimum absolute atomic E-state index is 0.0252. The van der Waals surface area contributed by atoms with Gasteiger partial charge in [0.2, 0.25) is 0 Å². The summed E-state index contributed by atoms with van der Waals surface area (Å²) in [5.41, 5.74) is 11.0. The van der Waals surface area contributed by atoms with Gasteiger partial charge in [-0.05, 0) is 56.7 Å². The van der Waals surface area contributed by atoms with Crippen LogP contribution in [0.25, 0.3) is 0 Å². The topological polar surface area (TPSA) is 43.1 Å². The minimum atomic E-state index is 0.0252. The third-order valence-corrected chi connectivity index (χ3v) is 2.85. The summed E-state index contributed by atoms with van der Waals surface area (Å²) in [6, 6.07) is 11.3. The molecule has 0 spiro atoms. The summed E-state index contributed by atoms with van der Waals surface area (Å²) >= 11 is 0. The quantitative estimate of drug-likeness (QED) is 0.644. The van der Waals surface area contributed by atoms with Gasteiger partial charge in [0, 0.05) is 16.8 Å². The fourth-order valence-electron chi connectivity index (χ4n) is 2.22. The summed E-state index contributed by atoms with van der Waals surface area (Å²) in [6.45, 7) is 5.93. The van der Waals surface area contributed by atoms with Crippen LogP contribution in [0.5, 0.6) is 0 Å². The van der Waals surface area contributed by atoms with Gasteiger partial charge in [0.1, 0.15) is 0 Å². The Morgan fingerprint density at radius 2 is 1.22 bits per heavy atom. The molecule has 2 aromatic carbocycles. The molecule has 2 heteroatoms. The maximum Gasteiger partial charge on any atom is 0.193 e. The van der Waals surface area contributed by atoms with Crippen molar-refractivity contribution in [3.63, 3.8) is 0 Å². The van der Waals surface area contributed by atoms with Gasteiger partial charge in [-0.2, -0.15) is 0 Å². The Labute approximate surface area is 107 Å². The van der Waals surface area contributed by atoms with E-state index in [0.717, 1.165) is 22.3 Å². The first-order chi connectivity index (χ1) is 8.45. The average molecular weight is 239 g/mol. The molecule has 2 N–H and O–H groups in total. The number of nitrogens with two attached hydrogens (primary N) is 1. The van der Waals surface area contributed by atoms with Crippen molar-refractivity contribution in [1.82, 2.24) is 0 Å². The first kappa shape index (κ1) is 12.4. The zero-order valence-electron chi connectivity index (χ0n) is 10.9. The molecular weight excluding hydrogens is 222 g/mol. The highest BCUT2D eigenvalue weighted by Crippen LogP contribution is 2.17. The van der Waals surface area contributed by atoms with Crippen molar-refractivity contribution < 1.29 is 4.79 Å². The van der Waals surface area contributed by atoms with E-state index in [4.69, 9.17) is 5.73 Å². The Morgan fingerprint density at radius 3 is 1.72 bits per heavy atom. The van der Waals surface area contributed by atoms with Crippen LogP contribution in [0.1, 0.15) is 32.6 Å². The first-order valence-electron chi connectivity index (χ1n) is 5.96. The van der Waals surface area contributed by atoms with Gasteiger partial charge in [-0.15, -0.1) is 0 Å². The smallest absolute Gasteiger partial charge is 0.193 e. The summed E-state index contributed by atoms with van der Waals surface area (Å²) in [7, 11) is 0. The fourth-order valence-corrected chi connectivity index (χ4v) is 2.22. The lowest BCUT2D eigenvalue weighted by Crippen LogP contribution is -2.03. The van der Waals surface area contributed by atoms with E-state index < -0.39 is 0 Å². The second kappa shape index (κ2) is 4.65. The number of carbonyl (C=O) groups excluding carboxylic acids is 1. The highest BCUT2D eigenvalue weighted by Gasteiger charge is 2.10. The zero-order valence-corrected chi connectivity index (χ0v) is 10.9. The van der Waals surface area contributed by atoms with Crippen molar-refractivity contribution in [3.05, 3.63) is 64.2 Å². The molecule has 0 aliphatic carbocycles. The molecule has 18 heavy (non-hydrogen) atoms. The van der Waals surface area contributed by atoms with Crippen LogP contribution < -0.4 is 5.73 Å². The van der Waals surface area contributed by atoms with E-state index in [1.807, 2.05) is 45.0 Å². The Kier molecular flexibility index (Phi) is 3.19. The molecule has 0 aromatic heterocycles. The van der Waals surface area contributed by atoms with Gasteiger partial charge in [0.05, 0.1) is 0 Å². The highest BCUT2D eigenvalue weighted by atomic mass is 16.1. The lowest BCUT2D eigenvalue weighted by Gasteiger charge is -2.06. The third kappa shape index (κ3) is 2.59. The highest BCUT2D eigenvalue weighted by molar-refractivity contribution is 6.09. The van der Waals surface area contributed by atoms with Crippen molar-refractivity contribution in [1.29, 1.82) is 0 Å². The number of aryl methyl sites for hydroxylation is 3. The van der Waals surface area contributed by atoms with Gasteiger partial charge in [-0.1, -0.05) is 17.2 Å². The summed E-state index contributed by atoms with van der Waals surface area (Å²) in [5.74, 6) is 0.0252. The number of nitrogen functional groups attached to an aromatic ring is 1. The van der Waals surface area contributed by atoms with Crippen LogP contribution in [0.4, 0.5) is 5.69 Å². The SMILES string of the molecule is Cc1cc(C)cc(C(=O)c2cc(C)cc(N)c2)c1. The molecule has 2 nitrogen and oxygen atoms in total. The number of hydrogen-bond donors (Lipinski definition) is 1. The van der Waals surface area contributed by atoms with Crippen LogP contribution in [-0.4, -0.2) is 5.78 Å². The van der Waals surface area contributed by atoms with Gasteiger partial charge in [-0.25, -0.2) is 0 Å². The average Bonchev–Trinajstić information content (AvgIpc) is 2.25. The molecule has 0 atom stereocenters. The number of carbonyl (C=O) groups is 1. The van der Waals surface area contributed by atoms with Crippen LogP contribution in [0.15, 0.2) is 36.4 Å². The van der Waals surface area contributed by atoms with Crippen molar-refractivity contribution in [2.45, 2.75) is 20.8 Å². The molecule has 2 aromatic rings. The molecule has 0 fully saturated rings. The molecule has 0 saturated heterocycles. The summed E-state index contributed by atoms with van der Waals surface area (Å²) in [6.07, 6.45) is 0. The Bertz CT molecular complexity index is 520. The summed E-state index contributed by atoms with van der Waals surface area (Å²) in [5, 5.41) is 0. The van der Waals surface area contributed by atoms with Gasteiger partial charge >= 0.3 is 0 Å². The number of anilines is 1. The van der Waals surface area contributed by atoms with Crippen molar-refractivity contribution in [2.24, 2.45) is 0 Å². The second-order valence-electron chi connectivity index (χ2n) is 4.84. The molecule has 0 amide bonds. The standard InChI is InChI=1S/C16H17NO/c1-10-4-11(2)6-13(5-10)16(18)14-7-12(3)8-15(17)9-14/h4-9H,17H2,1-3H3. The van der Waals surface area contributed by atoms with E-state index in [1.165, 1.54) is 0 Å². The predicted octanol–water partition coefficient (Wildman–Crippen LogP) is 3.43. The maximum absolute atomic E-state index is 12.4. The zero-order chi connectivity index (χ0) is 13.3. The monoisotopic (exact) mass is 239 g/mol. The van der Waals surface area contributed by atoms with E-state index in [9.17, 15) is 4.79 Å². The van der Waals surface area contributed by atoms with E-state index in [0.29, 0.717) is 11.3 Å². The molecule has 2 rings (SSSR count). The Balaban J connectivity index is 2.47. The normalized spacial score (nSPS) is 10.4. The molecule has 0 bridgehead atoms. The van der Waals surface area contributed by atoms with Gasteiger partial charge in [-0.3, -0.25) is 4.79 Å². The molecule has 0 unspecified atom stereocenters. The maximum atomic E-state index is 12.4. The molecular formula is C16H17NO. The summed E-state index contributed by atoms with van der Waals surface area (Å²) in [4.78, 5) is 12.4. The van der Waals surface area contributed by atoms with E-state index >= 15 is 0 Å². The van der Waals surface area contributed by atoms with Crippen molar-refractivity contribution >= 4 is 11.5 Å². The fraction of sp³-hybridized carbons (Fsp3) is 0.188. The first-order valence-corrected chi connectivity index (χ1v) is 5.96. The van der Waals surface area contributed by atoms with E-state index in [2.05, 4.69) is 6.07 Å². The number of benzene rings is 2. The van der Waals surface area contributed by atoms with Crippen molar-refractivity contribution in [3.8, 4) is 0 Å². The van der Waals surface area contributed by atoms with Crippen LogP contribution in [0.3, 0.4) is 0 Å².